The predicted molar refractivity (Wildman–Crippen MR) is 98.8 cm³/mol. The largest absolute Gasteiger partial charge is 0.497 e. The molecule has 0 fully saturated rings. The van der Waals surface area contributed by atoms with E-state index in [0.717, 1.165) is 17.7 Å². The van der Waals surface area contributed by atoms with Crippen LogP contribution in [0.2, 0.25) is 5.02 Å². The lowest BCUT2D eigenvalue weighted by atomic mass is 9.97. The van der Waals surface area contributed by atoms with Crippen LogP contribution in [0.5, 0.6) is 5.75 Å². The molecular formula is C19H23ClN2O2. The smallest absolute Gasteiger partial charge is 0.319 e. The molecule has 0 aromatic heterocycles. The highest BCUT2D eigenvalue weighted by Crippen LogP contribution is 2.24. The molecule has 2 aromatic rings. The third kappa shape index (κ3) is 5.46. The van der Waals surface area contributed by atoms with Crippen LogP contribution in [0.3, 0.4) is 0 Å². The number of rotatable bonds is 6. The second-order valence-electron chi connectivity index (χ2n) is 6.06. The number of ether oxygens (including phenoxy) is 1. The molecule has 2 N–H and O–H groups in total. The van der Waals surface area contributed by atoms with Gasteiger partial charge in [0.25, 0.3) is 0 Å². The van der Waals surface area contributed by atoms with Crippen molar-refractivity contribution in [1.82, 2.24) is 5.32 Å². The maximum absolute atomic E-state index is 12.3. The van der Waals surface area contributed by atoms with Gasteiger partial charge in [0.15, 0.2) is 0 Å². The number of hydrogen-bond donors (Lipinski definition) is 2. The summed E-state index contributed by atoms with van der Waals surface area (Å²) in [7, 11) is 1.64. The van der Waals surface area contributed by atoms with E-state index < -0.39 is 0 Å². The SMILES string of the molecule is COc1ccc([C@H](CC(C)C)NC(=O)Nc2cccc(Cl)c2)cc1. The van der Waals surface area contributed by atoms with Crippen LogP contribution >= 0.6 is 11.6 Å². The molecule has 0 bridgehead atoms. The average molecular weight is 347 g/mol. The maximum atomic E-state index is 12.3. The minimum absolute atomic E-state index is 0.0740. The van der Waals surface area contributed by atoms with Gasteiger partial charge >= 0.3 is 6.03 Å². The van der Waals surface area contributed by atoms with Crippen molar-refractivity contribution in [1.29, 1.82) is 0 Å². The zero-order chi connectivity index (χ0) is 17.5. The summed E-state index contributed by atoms with van der Waals surface area (Å²) in [6.45, 7) is 4.26. The van der Waals surface area contributed by atoms with Gasteiger partial charge in [-0.1, -0.05) is 43.6 Å². The fourth-order valence-corrected chi connectivity index (χ4v) is 2.67. The Morgan fingerprint density at radius 1 is 1.17 bits per heavy atom. The Labute approximate surface area is 148 Å². The van der Waals surface area contributed by atoms with Gasteiger partial charge in [0.05, 0.1) is 13.2 Å². The number of benzene rings is 2. The standard InChI is InChI=1S/C19H23ClN2O2/c1-13(2)11-18(14-7-9-17(24-3)10-8-14)22-19(23)21-16-6-4-5-15(20)12-16/h4-10,12-13,18H,11H2,1-3H3,(H2,21,22,23)/t18-/m0/s1. The Balaban J connectivity index is 2.08. The molecular weight excluding hydrogens is 324 g/mol. The number of hydrogen-bond acceptors (Lipinski definition) is 2. The van der Waals surface area contributed by atoms with Gasteiger partial charge in [0, 0.05) is 10.7 Å². The molecule has 5 heteroatoms. The second kappa shape index (κ2) is 8.60. The average Bonchev–Trinajstić information content (AvgIpc) is 2.54. The van der Waals surface area contributed by atoms with Gasteiger partial charge in [-0.05, 0) is 48.2 Å². The number of amides is 2. The van der Waals surface area contributed by atoms with E-state index in [1.165, 1.54) is 0 Å². The highest BCUT2D eigenvalue weighted by atomic mass is 35.5. The van der Waals surface area contributed by atoms with Crippen molar-refractivity contribution in [2.45, 2.75) is 26.3 Å². The van der Waals surface area contributed by atoms with E-state index in [1.54, 1.807) is 31.4 Å². The van der Waals surface area contributed by atoms with E-state index in [0.29, 0.717) is 16.6 Å². The molecule has 0 spiro atoms. The first-order chi connectivity index (χ1) is 11.5. The second-order valence-corrected chi connectivity index (χ2v) is 6.50. The van der Waals surface area contributed by atoms with E-state index in [4.69, 9.17) is 16.3 Å². The molecule has 0 saturated heterocycles. The summed E-state index contributed by atoms with van der Waals surface area (Å²) in [6.07, 6.45) is 0.843. The Morgan fingerprint density at radius 3 is 2.46 bits per heavy atom. The van der Waals surface area contributed by atoms with Crippen molar-refractivity contribution in [3.05, 3.63) is 59.1 Å². The lowest BCUT2D eigenvalue weighted by molar-refractivity contribution is 0.246. The number of methoxy groups -OCH3 is 1. The van der Waals surface area contributed by atoms with Gasteiger partial charge in [-0.25, -0.2) is 4.79 Å². The number of nitrogens with one attached hydrogen (secondary N) is 2. The molecule has 2 amide bonds. The highest BCUT2D eigenvalue weighted by molar-refractivity contribution is 6.30. The monoisotopic (exact) mass is 346 g/mol. The minimum atomic E-state index is -0.251. The fraction of sp³-hybridized carbons (Fsp3) is 0.316. The Hall–Kier alpha value is -2.20. The van der Waals surface area contributed by atoms with E-state index in [9.17, 15) is 4.79 Å². The number of carbonyl (C=O) groups excluding carboxylic acids is 1. The van der Waals surface area contributed by atoms with Crippen LogP contribution in [0.1, 0.15) is 31.9 Å². The first-order valence-electron chi connectivity index (χ1n) is 7.95. The summed E-state index contributed by atoms with van der Waals surface area (Å²) < 4.78 is 5.19. The van der Waals surface area contributed by atoms with Crippen molar-refractivity contribution in [3.8, 4) is 5.75 Å². The first-order valence-corrected chi connectivity index (χ1v) is 8.32. The highest BCUT2D eigenvalue weighted by Gasteiger charge is 2.16. The quantitative estimate of drug-likeness (QED) is 0.749. The number of carbonyl (C=O) groups is 1. The molecule has 0 heterocycles. The molecule has 2 aromatic carbocycles. The van der Waals surface area contributed by atoms with E-state index in [2.05, 4.69) is 24.5 Å². The van der Waals surface area contributed by atoms with Crippen LogP contribution < -0.4 is 15.4 Å². The molecule has 128 valence electrons. The van der Waals surface area contributed by atoms with Crippen LogP contribution in [0.4, 0.5) is 10.5 Å². The third-order valence-corrected chi connectivity index (χ3v) is 3.85. The number of urea groups is 1. The van der Waals surface area contributed by atoms with Gasteiger partial charge in [-0.15, -0.1) is 0 Å². The van der Waals surface area contributed by atoms with Gasteiger partial charge < -0.3 is 15.4 Å². The van der Waals surface area contributed by atoms with Crippen molar-refractivity contribution >= 4 is 23.3 Å². The number of halogens is 1. The van der Waals surface area contributed by atoms with Crippen molar-refractivity contribution in [2.75, 3.05) is 12.4 Å². The van der Waals surface area contributed by atoms with Gasteiger partial charge in [-0.2, -0.15) is 0 Å². The summed E-state index contributed by atoms with van der Waals surface area (Å²) in [6, 6.07) is 14.5. The van der Waals surface area contributed by atoms with Crippen LogP contribution in [0.15, 0.2) is 48.5 Å². The van der Waals surface area contributed by atoms with Crippen molar-refractivity contribution in [3.63, 3.8) is 0 Å². The normalized spacial score (nSPS) is 11.9. The zero-order valence-corrected chi connectivity index (χ0v) is 14.9. The molecule has 1 atom stereocenters. The van der Waals surface area contributed by atoms with Crippen molar-refractivity contribution in [2.24, 2.45) is 5.92 Å². The van der Waals surface area contributed by atoms with Crippen LogP contribution in [0, 0.1) is 5.92 Å². The third-order valence-electron chi connectivity index (χ3n) is 3.61. The van der Waals surface area contributed by atoms with Gasteiger partial charge in [0.1, 0.15) is 5.75 Å². The fourth-order valence-electron chi connectivity index (χ4n) is 2.48. The van der Waals surface area contributed by atoms with Crippen LogP contribution in [0.25, 0.3) is 0 Å². The minimum Gasteiger partial charge on any atom is -0.497 e. The lowest BCUT2D eigenvalue weighted by Crippen LogP contribution is -2.33. The van der Waals surface area contributed by atoms with E-state index in [-0.39, 0.29) is 12.1 Å². The van der Waals surface area contributed by atoms with Gasteiger partial charge in [-0.3, -0.25) is 0 Å². The molecule has 4 nitrogen and oxygen atoms in total. The zero-order valence-electron chi connectivity index (χ0n) is 14.2. The molecule has 0 radical (unpaired) electrons. The van der Waals surface area contributed by atoms with Crippen LogP contribution in [-0.2, 0) is 0 Å². The van der Waals surface area contributed by atoms with E-state index >= 15 is 0 Å². The summed E-state index contributed by atoms with van der Waals surface area (Å²) in [5.74, 6) is 1.24. The lowest BCUT2D eigenvalue weighted by Gasteiger charge is -2.21. The molecule has 0 aliphatic heterocycles. The summed E-state index contributed by atoms with van der Waals surface area (Å²) in [4.78, 5) is 12.3. The summed E-state index contributed by atoms with van der Waals surface area (Å²) in [5.41, 5.74) is 1.71. The maximum Gasteiger partial charge on any atom is 0.319 e. The summed E-state index contributed by atoms with van der Waals surface area (Å²) >= 11 is 5.94. The molecule has 2 rings (SSSR count). The first kappa shape index (κ1) is 18.1. The Morgan fingerprint density at radius 2 is 1.88 bits per heavy atom. The molecule has 0 aliphatic carbocycles. The Bertz CT molecular complexity index is 671. The number of anilines is 1. The summed E-state index contributed by atoms with van der Waals surface area (Å²) in [5, 5.41) is 6.44. The predicted octanol–water partition coefficient (Wildman–Crippen LogP) is 5.26. The molecule has 24 heavy (non-hydrogen) atoms. The Kier molecular flexibility index (Phi) is 6.50. The molecule has 0 saturated carbocycles. The topological polar surface area (TPSA) is 50.4 Å². The van der Waals surface area contributed by atoms with Crippen molar-refractivity contribution < 1.29 is 9.53 Å². The molecule has 0 aliphatic rings. The van der Waals surface area contributed by atoms with Crippen LogP contribution in [-0.4, -0.2) is 13.1 Å². The molecule has 0 unspecified atom stereocenters. The van der Waals surface area contributed by atoms with E-state index in [1.807, 2.05) is 24.3 Å². The van der Waals surface area contributed by atoms with Gasteiger partial charge in [0.2, 0.25) is 0 Å².